The van der Waals surface area contributed by atoms with E-state index < -0.39 is 0 Å². The van der Waals surface area contributed by atoms with Crippen LogP contribution in [0.25, 0.3) is 11.0 Å². The number of hydrogen-bond acceptors (Lipinski definition) is 5. The SMILES string of the molecule is CSCC1CN(Cc2c[nH]c3c(N)ncnc23)C1. The van der Waals surface area contributed by atoms with Gasteiger partial charge in [0.1, 0.15) is 11.8 Å². The van der Waals surface area contributed by atoms with E-state index in [4.69, 9.17) is 5.73 Å². The fourth-order valence-electron chi connectivity index (χ4n) is 2.52. The molecule has 3 heterocycles. The van der Waals surface area contributed by atoms with Crippen LogP contribution in [0.4, 0.5) is 5.82 Å². The van der Waals surface area contributed by atoms with E-state index in [2.05, 4.69) is 26.1 Å². The van der Waals surface area contributed by atoms with Crippen molar-refractivity contribution < 1.29 is 0 Å². The van der Waals surface area contributed by atoms with Gasteiger partial charge in [0.2, 0.25) is 0 Å². The van der Waals surface area contributed by atoms with Gasteiger partial charge in [0.05, 0.1) is 5.52 Å². The second-order valence-electron chi connectivity index (χ2n) is 4.81. The van der Waals surface area contributed by atoms with Crippen molar-refractivity contribution in [3.8, 4) is 0 Å². The summed E-state index contributed by atoms with van der Waals surface area (Å²) in [6, 6.07) is 0. The number of aromatic amines is 1. The molecule has 0 atom stereocenters. The molecule has 0 aliphatic carbocycles. The van der Waals surface area contributed by atoms with Crippen molar-refractivity contribution in [3.05, 3.63) is 18.1 Å². The Bertz CT molecular complexity index is 546. The highest BCUT2D eigenvalue weighted by Crippen LogP contribution is 2.25. The number of likely N-dealkylation sites (tertiary alicyclic amines) is 1. The minimum Gasteiger partial charge on any atom is -0.382 e. The smallest absolute Gasteiger partial charge is 0.151 e. The largest absolute Gasteiger partial charge is 0.382 e. The van der Waals surface area contributed by atoms with E-state index in [1.165, 1.54) is 30.7 Å². The number of nitrogen functional groups attached to an aromatic ring is 1. The maximum absolute atomic E-state index is 5.81. The molecule has 1 saturated heterocycles. The lowest BCUT2D eigenvalue weighted by Gasteiger charge is -2.38. The van der Waals surface area contributed by atoms with Crippen LogP contribution in [0.5, 0.6) is 0 Å². The molecule has 0 radical (unpaired) electrons. The lowest BCUT2D eigenvalue weighted by atomic mass is 10.0. The lowest BCUT2D eigenvalue weighted by Crippen LogP contribution is -2.46. The molecule has 96 valence electrons. The van der Waals surface area contributed by atoms with Crippen molar-refractivity contribution in [1.29, 1.82) is 0 Å². The Hall–Kier alpha value is -1.27. The van der Waals surface area contributed by atoms with Crippen molar-refractivity contribution in [1.82, 2.24) is 19.9 Å². The second-order valence-corrected chi connectivity index (χ2v) is 5.72. The Morgan fingerprint density at radius 2 is 2.33 bits per heavy atom. The summed E-state index contributed by atoms with van der Waals surface area (Å²) in [6.45, 7) is 3.32. The van der Waals surface area contributed by atoms with Crippen molar-refractivity contribution in [3.63, 3.8) is 0 Å². The molecule has 2 aromatic heterocycles. The first kappa shape index (κ1) is 11.8. The number of nitrogens with two attached hydrogens (primary N) is 1. The fraction of sp³-hybridized carbons (Fsp3) is 0.500. The zero-order chi connectivity index (χ0) is 12.5. The first-order chi connectivity index (χ1) is 8.78. The highest BCUT2D eigenvalue weighted by Gasteiger charge is 2.26. The van der Waals surface area contributed by atoms with Crippen LogP contribution in [-0.4, -0.2) is 44.9 Å². The average Bonchev–Trinajstić information content (AvgIpc) is 2.71. The summed E-state index contributed by atoms with van der Waals surface area (Å²) in [5.41, 5.74) is 8.83. The van der Waals surface area contributed by atoms with E-state index in [1.54, 1.807) is 0 Å². The number of H-pyrrole nitrogens is 1. The van der Waals surface area contributed by atoms with Crippen LogP contribution in [0.2, 0.25) is 0 Å². The Kier molecular flexibility index (Phi) is 3.13. The Labute approximate surface area is 110 Å². The summed E-state index contributed by atoms with van der Waals surface area (Å²) in [4.78, 5) is 13.9. The summed E-state index contributed by atoms with van der Waals surface area (Å²) >= 11 is 1.93. The monoisotopic (exact) mass is 263 g/mol. The first-order valence-electron chi connectivity index (χ1n) is 6.05. The molecule has 3 rings (SSSR count). The molecular formula is C12H17N5S. The van der Waals surface area contributed by atoms with E-state index in [9.17, 15) is 0 Å². The standard InChI is InChI=1S/C12H17N5S/c1-18-6-8-3-17(4-8)5-9-2-14-11-10(9)15-7-16-12(11)13/h2,7-8,14H,3-6H2,1H3,(H2,13,15,16). The van der Waals surface area contributed by atoms with Crippen LogP contribution in [0.3, 0.4) is 0 Å². The number of nitrogens with zero attached hydrogens (tertiary/aromatic N) is 3. The molecule has 5 nitrogen and oxygen atoms in total. The number of nitrogens with one attached hydrogen (secondary N) is 1. The van der Waals surface area contributed by atoms with Crippen molar-refractivity contribution >= 4 is 28.6 Å². The quantitative estimate of drug-likeness (QED) is 0.871. The fourth-order valence-corrected chi connectivity index (χ4v) is 3.20. The second kappa shape index (κ2) is 4.78. The van der Waals surface area contributed by atoms with Gasteiger partial charge < -0.3 is 10.7 Å². The van der Waals surface area contributed by atoms with E-state index in [1.807, 2.05) is 18.0 Å². The third kappa shape index (κ3) is 2.06. The molecule has 1 aliphatic rings. The summed E-state index contributed by atoms with van der Waals surface area (Å²) in [6.07, 6.45) is 5.70. The molecule has 0 spiro atoms. The van der Waals surface area contributed by atoms with Gasteiger partial charge >= 0.3 is 0 Å². The third-order valence-electron chi connectivity index (χ3n) is 3.40. The molecule has 0 saturated carbocycles. The van der Waals surface area contributed by atoms with Gasteiger partial charge in [-0.1, -0.05) is 0 Å². The highest BCUT2D eigenvalue weighted by molar-refractivity contribution is 7.98. The summed E-state index contributed by atoms with van der Waals surface area (Å²) in [7, 11) is 0. The van der Waals surface area contributed by atoms with Gasteiger partial charge in [-0.3, -0.25) is 4.90 Å². The van der Waals surface area contributed by atoms with Crippen molar-refractivity contribution in [2.24, 2.45) is 5.92 Å². The summed E-state index contributed by atoms with van der Waals surface area (Å²) < 4.78 is 0. The van der Waals surface area contributed by atoms with Crippen LogP contribution in [0, 0.1) is 5.92 Å². The minimum absolute atomic E-state index is 0.523. The van der Waals surface area contributed by atoms with Crippen LogP contribution >= 0.6 is 11.8 Å². The predicted molar refractivity (Wildman–Crippen MR) is 75.5 cm³/mol. The van der Waals surface area contributed by atoms with Gasteiger partial charge in [0.25, 0.3) is 0 Å². The molecule has 0 unspecified atom stereocenters. The maximum Gasteiger partial charge on any atom is 0.151 e. The van der Waals surface area contributed by atoms with Gasteiger partial charge in [-0.25, -0.2) is 9.97 Å². The van der Waals surface area contributed by atoms with Gasteiger partial charge in [-0.2, -0.15) is 11.8 Å². The van der Waals surface area contributed by atoms with Crippen LogP contribution in [0.15, 0.2) is 12.5 Å². The normalized spacial score (nSPS) is 17.2. The zero-order valence-corrected chi connectivity index (χ0v) is 11.2. The molecule has 0 aromatic carbocycles. The highest BCUT2D eigenvalue weighted by atomic mass is 32.2. The lowest BCUT2D eigenvalue weighted by molar-refractivity contribution is 0.108. The van der Waals surface area contributed by atoms with Gasteiger partial charge in [0.15, 0.2) is 5.82 Å². The number of aromatic nitrogens is 3. The average molecular weight is 263 g/mol. The van der Waals surface area contributed by atoms with Crippen molar-refractivity contribution in [2.45, 2.75) is 6.54 Å². The van der Waals surface area contributed by atoms with Crippen LogP contribution in [0.1, 0.15) is 5.56 Å². The molecule has 6 heteroatoms. The number of hydrogen-bond donors (Lipinski definition) is 2. The molecule has 18 heavy (non-hydrogen) atoms. The maximum atomic E-state index is 5.81. The third-order valence-corrected chi connectivity index (χ3v) is 4.21. The van der Waals surface area contributed by atoms with E-state index in [0.717, 1.165) is 23.5 Å². The topological polar surface area (TPSA) is 70.8 Å². The molecular weight excluding hydrogens is 246 g/mol. The molecule has 3 N–H and O–H groups in total. The van der Waals surface area contributed by atoms with Gasteiger partial charge in [-0.15, -0.1) is 0 Å². The predicted octanol–water partition coefficient (Wildman–Crippen LogP) is 1.33. The molecule has 1 fully saturated rings. The Morgan fingerprint density at radius 3 is 3.11 bits per heavy atom. The molecule has 0 amide bonds. The summed E-state index contributed by atoms with van der Waals surface area (Å²) in [5, 5.41) is 0. The van der Waals surface area contributed by atoms with Crippen LogP contribution < -0.4 is 5.73 Å². The zero-order valence-electron chi connectivity index (χ0n) is 10.4. The molecule has 1 aliphatic heterocycles. The number of fused-ring (bicyclic) bond motifs is 1. The van der Waals surface area contributed by atoms with E-state index >= 15 is 0 Å². The van der Waals surface area contributed by atoms with E-state index in [-0.39, 0.29) is 0 Å². The Morgan fingerprint density at radius 1 is 1.50 bits per heavy atom. The molecule has 2 aromatic rings. The van der Waals surface area contributed by atoms with E-state index in [0.29, 0.717) is 5.82 Å². The Balaban J connectivity index is 1.71. The molecule has 0 bridgehead atoms. The van der Waals surface area contributed by atoms with Gasteiger partial charge in [0, 0.05) is 31.4 Å². The van der Waals surface area contributed by atoms with Crippen LogP contribution in [-0.2, 0) is 6.54 Å². The number of anilines is 1. The number of thioether (sulfide) groups is 1. The number of rotatable bonds is 4. The summed E-state index contributed by atoms with van der Waals surface area (Å²) in [5.74, 6) is 2.64. The minimum atomic E-state index is 0.523. The first-order valence-corrected chi connectivity index (χ1v) is 7.45. The van der Waals surface area contributed by atoms with Crippen molar-refractivity contribution in [2.75, 3.05) is 30.8 Å². The van der Waals surface area contributed by atoms with Gasteiger partial charge in [-0.05, 0) is 17.9 Å².